The molecule has 0 fully saturated rings. The lowest BCUT2D eigenvalue weighted by atomic mass is 10.1. The van der Waals surface area contributed by atoms with Crippen LogP contribution in [-0.4, -0.2) is 28.3 Å². The lowest BCUT2D eigenvalue weighted by Crippen LogP contribution is -2.35. The van der Waals surface area contributed by atoms with Gasteiger partial charge in [-0.15, -0.1) is 11.6 Å². The van der Waals surface area contributed by atoms with Gasteiger partial charge in [-0.3, -0.25) is 4.79 Å². The monoisotopic (exact) mass is 321 g/mol. The lowest BCUT2D eigenvalue weighted by Gasteiger charge is -2.25. The molecule has 1 amide bonds. The first-order valence-corrected chi connectivity index (χ1v) is 7.45. The van der Waals surface area contributed by atoms with Crippen LogP contribution in [-0.2, 0) is 11.3 Å². The summed E-state index contributed by atoms with van der Waals surface area (Å²) >= 11 is 5.64. The van der Waals surface area contributed by atoms with Gasteiger partial charge in [0.25, 0.3) is 0 Å². The zero-order chi connectivity index (χ0) is 15.9. The van der Waals surface area contributed by atoms with Gasteiger partial charge in [-0.1, -0.05) is 42.5 Å². The van der Waals surface area contributed by atoms with E-state index < -0.39 is 6.10 Å². The molecule has 0 heterocycles. The highest BCUT2D eigenvalue weighted by atomic mass is 35.5. The number of hydrogen-bond donors (Lipinski definition) is 1. The van der Waals surface area contributed by atoms with Crippen molar-refractivity contribution in [3.8, 4) is 0 Å². The number of halogens is 2. The number of amides is 1. The van der Waals surface area contributed by atoms with Gasteiger partial charge in [0.05, 0.1) is 12.6 Å². The van der Waals surface area contributed by atoms with Crippen LogP contribution in [0.15, 0.2) is 54.6 Å². The molecule has 0 saturated carbocycles. The van der Waals surface area contributed by atoms with Crippen molar-refractivity contribution in [2.75, 3.05) is 12.4 Å². The fourth-order valence-corrected chi connectivity index (χ4v) is 2.31. The number of carbonyl (C=O) groups excluding carboxylic acids is 1. The molecular weight excluding hydrogens is 305 g/mol. The summed E-state index contributed by atoms with van der Waals surface area (Å²) in [7, 11) is 0. The van der Waals surface area contributed by atoms with Gasteiger partial charge in [0.15, 0.2) is 0 Å². The van der Waals surface area contributed by atoms with Gasteiger partial charge < -0.3 is 10.0 Å². The molecule has 0 aliphatic carbocycles. The molecular formula is C17H17ClFNO2. The molecule has 0 saturated heterocycles. The summed E-state index contributed by atoms with van der Waals surface area (Å²) < 4.78 is 12.9. The average molecular weight is 322 g/mol. The van der Waals surface area contributed by atoms with Crippen LogP contribution < -0.4 is 0 Å². The zero-order valence-corrected chi connectivity index (χ0v) is 12.7. The second kappa shape index (κ2) is 7.92. The van der Waals surface area contributed by atoms with Crippen molar-refractivity contribution < 1.29 is 14.3 Å². The Kier molecular flexibility index (Phi) is 5.92. The number of aliphatic hydroxyl groups is 1. The van der Waals surface area contributed by atoms with E-state index in [9.17, 15) is 14.3 Å². The standard InChI is InChI=1S/C17H17ClFNO2/c18-10-17(22)20(11-13-4-2-1-3-5-13)12-16(21)14-6-8-15(19)9-7-14/h1-9,16,21H,10-12H2/t16-/m0/s1. The summed E-state index contributed by atoms with van der Waals surface area (Å²) in [6.07, 6.45) is -0.892. The summed E-state index contributed by atoms with van der Waals surface area (Å²) in [6, 6.07) is 15.0. The van der Waals surface area contributed by atoms with Gasteiger partial charge in [0, 0.05) is 6.54 Å². The summed E-state index contributed by atoms with van der Waals surface area (Å²) in [5.74, 6) is -0.774. The van der Waals surface area contributed by atoms with Crippen LogP contribution in [0.3, 0.4) is 0 Å². The highest BCUT2D eigenvalue weighted by Gasteiger charge is 2.18. The Morgan fingerprint density at radius 3 is 2.36 bits per heavy atom. The normalized spacial score (nSPS) is 12.0. The van der Waals surface area contributed by atoms with Crippen molar-refractivity contribution in [3.05, 3.63) is 71.5 Å². The minimum absolute atomic E-state index is 0.103. The van der Waals surface area contributed by atoms with Gasteiger partial charge in [-0.2, -0.15) is 0 Å². The minimum Gasteiger partial charge on any atom is -0.387 e. The quantitative estimate of drug-likeness (QED) is 0.830. The van der Waals surface area contributed by atoms with Crippen molar-refractivity contribution in [2.45, 2.75) is 12.6 Å². The molecule has 2 aromatic rings. The van der Waals surface area contributed by atoms with Crippen molar-refractivity contribution >= 4 is 17.5 Å². The highest BCUT2D eigenvalue weighted by molar-refractivity contribution is 6.27. The molecule has 0 bridgehead atoms. The second-order valence-electron chi connectivity index (χ2n) is 4.96. The van der Waals surface area contributed by atoms with Crippen LogP contribution in [0.4, 0.5) is 4.39 Å². The van der Waals surface area contributed by atoms with E-state index in [1.54, 1.807) is 0 Å². The largest absolute Gasteiger partial charge is 0.387 e. The van der Waals surface area contributed by atoms with E-state index >= 15 is 0 Å². The van der Waals surface area contributed by atoms with E-state index in [-0.39, 0.29) is 24.1 Å². The molecule has 2 aromatic carbocycles. The number of carbonyl (C=O) groups is 1. The minimum atomic E-state index is -0.892. The number of rotatable bonds is 6. The topological polar surface area (TPSA) is 40.5 Å². The first-order chi connectivity index (χ1) is 10.6. The van der Waals surface area contributed by atoms with Gasteiger partial charge in [-0.05, 0) is 23.3 Å². The molecule has 0 aliphatic heterocycles. The highest BCUT2D eigenvalue weighted by Crippen LogP contribution is 2.17. The Morgan fingerprint density at radius 2 is 1.77 bits per heavy atom. The summed E-state index contributed by atoms with van der Waals surface area (Å²) in [5.41, 5.74) is 1.51. The second-order valence-corrected chi connectivity index (χ2v) is 5.23. The maximum Gasteiger partial charge on any atom is 0.237 e. The number of alkyl halides is 1. The molecule has 1 N–H and O–H groups in total. The molecule has 0 radical (unpaired) electrons. The van der Waals surface area contributed by atoms with E-state index in [0.717, 1.165) is 5.56 Å². The average Bonchev–Trinajstić information content (AvgIpc) is 2.55. The number of nitrogens with zero attached hydrogens (tertiary/aromatic N) is 1. The van der Waals surface area contributed by atoms with E-state index in [1.165, 1.54) is 29.2 Å². The predicted octanol–water partition coefficient (Wildman–Crippen LogP) is 3.13. The molecule has 1 atom stereocenters. The summed E-state index contributed by atoms with van der Waals surface area (Å²) in [4.78, 5) is 13.5. The maximum atomic E-state index is 12.9. The predicted molar refractivity (Wildman–Crippen MR) is 83.9 cm³/mol. The smallest absolute Gasteiger partial charge is 0.237 e. The molecule has 0 aliphatic rings. The van der Waals surface area contributed by atoms with E-state index in [4.69, 9.17) is 11.6 Å². The molecule has 0 unspecified atom stereocenters. The Labute approximate surface area is 133 Å². The van der Waals surface area contributed by atoms with Crippen LogP contribution in [0.5, 0.6) is 0 Å². The third-order valence-corrected chi connectivity index (χ3v) is 3.56. The molecule has 3 nitrogen and oxygen atoms in total. The lowest BCUT2D eigenvalue weighted by molar-refractivity contribution is -0.130. The fourth-order valence-electron chi connectivity index (χ4n) is 2.14. The molecule has 0 aromatic heterocycles. The third kappa shape index (κ3) is 4.55. The van der Waals surface area contributed by atoms with E-state index in [1.807, 2.05) is 30.3 Å². The van der Waals surface area contributed by atoms with Gasteiger partial charge >= 0.3 is 0 Å². The zero-order valence-electron chi connectivity index (χ0n) is 12.0. The van der Waals surface area contributed by atoms with Crippen LogP contribution in [0.2, 0.25) is 0 Å². The Bertz CT molecular complexity index is 604. The third-order valence-electron chi connectivity index (χ3n) is 3.33. The molecule has 5 heteroatoms. The van der Waals surface area contributed by atoms with Crippen LogP contribution in [0.25, 0.3) is 0 Å². The van der Waals surface area contributed by atoms with Crippen molar-refractivity contribution in [1.29, 1.82) is 0 Å². The number of benzene rings is 2. The molecule has 0 spiro atoms. The first-order valence-electron chi connectivity index (χ1n) is 6.91. The Balaban J connectivity index is 2.09. The fraction of sp³-hybridized carbons (Fsp3) is 0.235. The van der Waals surface area contributed by atoms with Gasteiger partial charge in [0.1, 0.15) is 11.7 Å². The maximum absolute atomic E-state index is 12.9. The van der Waals surface area contributed by atoms with Crippen LogP contribution in [0.1, 0.15) is 17.2 Å². The summed E-state index contributed by atoms with van der Waals surface area (Å²) in [5, 5.41) is 10.2. The van der Waals surface area contributed by atoms with Crippen molar-refractivity contribution in [2.24, 2.45) is 0 Å². The first kappa shape index (κ1) is 16.5. The number of aliphatic hydroxyl groups excluding tert-OH is 1. The number of hydrogen-bond acceptors (Lipinski definition) is 2. The van der Waals surface area contributed by atoms with Gasteiger partial charge in [-0.25, -0.2) is 4.39 Å². The van der Waals surface area contributed by atoms with Crippen LogP contribution in [0, 0.1) is 5.82 Å². The molecule has 2 rings (SSSR count). The van der Waals surface area contributed by atoms with E-state index in [2.05, 4.69) is 0 Å². The molecule has 116 valence electrons. The SMILES string of the molecule is O=C(CCl)N(Cc1ccccc1)C[C@H](O)c1ccc(F)cc1. The van der Waals surface area contributed by atoms with Gasteiger partial charge in [0.2, 0.25) is 5.91 Å². The van der Waals surface area contributed by atoms with Crippen molar-refractivity contribution in [3.63, 3.8) is 0 Å². The Morgan fingerprint density at radius 1 is 1.14 bits per heavy atom. The Hall–Kier alpha value is -1.91. The molecule has 22 heavy (non-hydrogen) atoms. The van der Waals surface area contributed by atoms with Crippen molar-refractivity contribution in [1.82, 2.24) is 4.90 Å². The van der Waals surface area contributed by atoms with E-state index in [0.29, 0.717) is 12.1 Å². The summed E-state index contributed by atoms with van der Waals surface area (Å²) in [6.45, 7) is 0.469. The van der Waals surface area contributed by atoms with Crippen LogP contribution >= 0.6 is 11.6 Å².